The van der Waals surface area contributed by atoms with Crippen LogP contribution in [-0.2, 0) is 10.2 Å². The van der Waals surface area contributed by atoms with Crippen molar-refractivity contribution in [2.24, 2.45) is 0 Å². The highest BCUT2D eigenvalue weighted by Gasteiger charge is 2.29. The maximum atomic E-state index is 12.8. The van der Waals surface area contributed by atoms with Gasteiger partial charge < -0.3 is 4.98 Å². The summed E-state index contributed by atoms with van der Waals surface area (Å²) in [5.74, 6) is 0.0684. The van der Waals surface area contributed by atoms with Gasteiger partial charge in [-0.3, -0.25) is 9.69 Å². The standard InChI is InChI=1S/C17H24N4O3S/c1-13-17(14-6-4-5-7-15(14)18-13)16(22)12-20-8-10-21(11-9-20)25(23,24)19(2)3/h4-7,18H,8-12H2,1-3H3. The van der Waals surface area contributed by atoms with E-state index < -0.39 is 10.2 Å². The lowest BCUT2D eigenvalue weighted by Gasteiger charge is -2.34. The molecule has 0 atom stereocenters. The number of hydrogen-bond acceptors (Lipinski definition) is 4. The molecule has 0 aliphatic carbocycles. The first-order valence-electron chi connectivity index (χ1n) is 8.31. The van der Waals surface area contributed by atoms with E-state index in [0.29, 0.717) is 32.7 Å². The SMILES string of the molecule is Cc1[nH]c2ccccc2c1C(=O)CN1CCN(S(=O)(=O)N(C)C)CC1. The van der Waals surface area contributed by atoms with Gasteiger partial charge in [0.15, 0.2) is 5.78 Å². The quantitative estimate of drug-likeness (QED) is 0.806. The Hall–Kier alpha value is -1.74. The normalized spacial score (nSPS) is 17.4. The van der Waals surface area contributed by atoms with E-state index >= 15 is 0 Å². The third-order valence-electron chi connectivity index (χ3n) is 4.66. The summed E-state index contributed by atoms with van der Waals surface area (Å²) in [6.45, 7) is 4.13. The highest BCUT2D eigenvalue weighted by molar-refractivity contribution is 7.86. The van der Waals surface area contributed by atoms with Crippen molar-refractivity contribution in [3.05, 3.63) is 35.5 Å². The van der Waals surface area contributed by atoms with Gasteiger partial charge in [-0.15, -0.1) is 0 Å². The molecular weight excluding hydrogens is 340 g/mol. The predicted octanol–water partition coefficient (Wildman–Crippen LogP) is 1.08. The summed E-state index contributed by atoms with van der Waals surface area (Å²) >= 11 is 0. The number of Topliss-reactive ketones (excluding diaryl/α,β-unsaturated/α-hetero) is 1. The third kappa shape index (κ3) is 3.48. The van der Waals surface area contributed by atoms with Gasteiger partial charge in [-0.1, -0.05) is 18.2 Å². The van der Waals surface area contributed by atoms with Crippen molar-refractivity contribution in [1.82, 2.24) is 18.5 Å². The molecule has 2 aromatic rings. The Morgan fingerprint density at radius 3 is 2.44 bits per heavy atom. The van der Waals surface area contributed by atoms with Gasteiger partial charge in [-0.05, 0) is 13.0 Å². The van der Waals surface area contributed by atoms with E-state index in [9.17, 15) is 13.2 Å². The van der Waals surface area contributed by atoms with Gasteiger partial charge in [0.2, 0.25) is 0 Å². The van der Waals surface area contributed by atoms with E-state index in [1.54, 1.807) is 0 Å². The Morgan fingerprint density at radius 2 is 1.80 bits per heavy atom. The fourth-order valence-electron chi connectivity index (χ4n) is 3.27. The summed E-state index contributed by atoms with van der Waals surface area (Å²) in [7, 11) is -0.315. The first-order valence-corrected chi connectivity index (χ1v) is 9.71. The van der Waals surface area contributed by atoms with Crippen LogP contribution in [-0.4, -0.2) is 79.5 Å². The lowest BCUT2D eigenvalue weighted by molar-refractivity contribution is 0.0901. The van der Waals surface area contributed by atoms with E-state index in [1.165, 1.54) is 22.7 Å². The zero-order valence-corrected chi connectivity index (χ0v) is 15.6. The Balaban J connectivity index is 1.68. The Labute approximate surface area is 148 Å². The fourth-order valence-corrected chi connectivity index (χ4v) is 4.35. The van der Waals surface area contributed by atoms with E-state index in [1.807, 2.05) is 36.1 Å². The maximum absolute atomic E-state index is 12.8. The molecule has 8 heteroatoms. The second-order valence-electron chi connectivity index (χ2n) is 6.56. The summed E-state index contributed by atoms with van der Waals surface area (Å²) in [6.07, 6.45) is 0. The highest BCUT2D eigenvalue weighted by atomic mass is 32.2. The average molecular weight is 364 g/mol. The van der Waals surface area contributed by atoms with Crippen molar-refractivity contribution in [2.75, 3.05) is 46.8 Å². The van der Waals surface area contributed by atoms with Crippen LogP contribution >= 0.6 is 0 Å². The predicted molar refractivity (Wildman–Crippen MR) is 98.0 cm³/mol. The summed E-state index contributed by atoms with van der Waals surface area (Å²) in [5.41, 5.74) is 2.57. The largest absolute Gasteiger partial charge is 0.358 e. The van der Waals surface area contributed by atoms with Gasteiger partial charge in [0.25, 0.3) is 10.2 Å². The molecule has 1 aromatic heterocycles. The van der Waals surface area contributed by atoms with Crippen LogP contribution in [0.25, 0.3) is 10.9 Å². The molecule has 25 heavy (non-hydrogen) atoms. The van der Waals surface area contributed by atoms with E-state index in [2.05, 4.69) is 4.98 Å². The molecule has 3 rings (SSSR count). The molecule has 0 amide bonds. The zero-order valence-electron chi connectivity index (χ0n) is 14.8. The molecule has 136 valence electrons. The van der Waals surface area contributed by atoms with Gasteiger partial charge in [0.05, 0.1) is 6.54 Å². The summed E-state index contributed by atoms with van der Waals surface area (Å²) in [6, 6.07) is 7.78. The van der Waals surface area contributed by atoms with Crippen LogP contribution in [0.2, 0.25) is 0 Å². The molecule has 0 unspecified atom stereocenters. The van der Waals surface area contributed by atoms with Crippen molar-refractivity contribution in [3.8, 4) is 0 Å². The fraction of sp³-hybridized carbons (Fsp3) is 0.471. The van der Waals surface area contributed by atoms with Gasteiger partial charge in [-0.25, -0.2) is 0 Å². The number of ketones is 1. The summed E-state index contributed by atoms with van der Waals surface area (Å²) in [4.78, 5) is 18.1. The van der Waals surface area contributed by atoms with E-state index in [4.69, 9.17) is 0 Å². The second-order valence-corrected chi connectivity index (χ2v) is 8.70. The number of aromatic nitrogens is 1. The van der Waals surface area contributed by atoms with Crippen LogP contribution in [0.15, 0.2) is 24.3 Å². The second kappa shape index (κ2) is 6.87. The Kier molecular flexibility index (Phi) is 4.97. The minimum atomic E-state index is -3.38. The third-order valence-corrected chi connectivity index (χ3v) is 6.60. The average Bonchev–Trinajstić information content (AvgIpc) is 2.91. The number of rotatable bonds is 5. The topological polar surface area (TPSA) is 76.7 Å². The highest BCUT2D eigenvalue weighted by Crippen LogP contribution is 2.22. The molecule has 1 saturated heterocycles. The van der Waals surface area contributed by atoms with Crippen LogP contribution in [0.1, 0.15) is 16.1 Å². The van der Waals surface area contributed by atoms with Gasteiger partial charge in [0, 0.05) is 62.4 Å². The summed E-state index contributed by atoms with van der Waals surface area (Å²) in [5, 5.41) is 0.943. The Morgan fingerprint density at radius 1 is 1.16 bits per heavy atom. The molecule has 1 aliphatic heterocycles. The number of aromatic amines is 1. The number of carbonyl (C=O) groups excluding carboxylic acids is 1. The van der Waals surface area contributed by atoms with Gasteiger partial charge in [0.1, 0.15) is 0 Å². The molecule has 1 aromatic carbocycles. The van der Waals surface area contributed by atoms with Crippen molar-refractivity contribution in [3.63, 3.8) is 0 Å². The van der Waals surface area contributed by atoms with Crippen molar-refractivity contribution >= 4 is 26.9 Å². The number of aryl methyl sites for hydroxylation is 1. The molecular formula is C17H24N4O3S. The molecule has 0 saturated carbocycles. The number of H-pyrrole nitrogens is 1. The molecule has 0 spiro atoms. The molecule has 7 nitrogen and oxygen atoms in total. The number of nitrogens with one attached hydrogen (secondary N) is 1. The maximum Gasteiger partial charge on any atom is 0.281 e. The van der Waals surface area contributed by atoms with Crippen molar-refractivity contribution < 1.29 is 13.2 Å². The minimum Gasteiger partial charge on any atom is -0.358 e. The number of carbonyl (C=O) groups is 1. The number of nitrogens with zero attached hydrogens (tertiary/aromatic N) is 3. The summed E-state index contributed by atoms with van der Waals surface area (Å²) < 4.78 is 27.0. The smallest absolute Gasteiger partial charge is 0.281 e. The first kappa shape index (κ1) is 18.1. The number of benzene rings is 1. The zero-order chi connectivity index (χ0) is 18.2. The van der Waals surface area contributed by atoms with E-state index in [-0.39, 0.29) is 5.78 Å². The van der Waals surface area contributed by atoms with Crippen molar-refractivity contribution in [2.45, 2.75) is 6.92 Å². The van der Waals surface area contributed by atoms with Crippen molar-refractivity contribution in [1.29, 1.82) is 0 Å². The molecule has 1 fully saturated rings. The molecule has 2 heterocycles. The lowest BCUT2D eigenvalue weighted by atomic mass is 10.1. The van der Waals surface area contributed by atoms with Crippen LogP contribution in [0.3, 0.4) is 0 Å². The number of para-hydroxylation sites is 1. The van der Waals surface area contributed by atoms with Crippen LogP contribution < -0.4 is 0 Å². The molecule has 0 bridgehead atoms. The Bertz CT molecular complexity index is 880. The number of hydrogen-bond donors (Lipinski definition) is 1. The molecule has 0 radical (unpaired) electrons. The molecule has 1 N–H and O–H groups in total. The van der Waals surface area contributed by atoms with Gasteiger partial charge >= 0.3 is 0 Å². The number of fused-ring (bicyclic) bond motifs is 1. The van der Waals surface area contributed by atoms with Gasteiger partial charge in [-0.2, -0.15) is 17.0 Å². The lowest BCUT2D eigenvalue weighted by Crippen LogP contribution is -2.52. The first-order chi connectivity index (χ1) is 11.8. The van der Waals surface area contributed by atoms with Crippen LogP contribution in [0.4, 0.5) is 0 Å². The van der Waals surface area contributed by atoms with Crippen LogP contribution in [0.5, 0.6) is 0 Å². The van der Waals surface area contributed by atoms with E-state index in [0.717, 1.165) is 22.2 Å². The van der Waals surface area contributed by atoms with Crippen LogP contribution in [0, 0.1) is 6.92 Å². The monoisotopic (exact) mass is 364 g/mol. The molecule has 1 aliphatic rings. The minimum absolute atomic E-state index is 0.0684. The number of piperazine rings is 1.